The minimum Gasteiger partial charge on any atom is -0.460 e. The Labute approximate surface area is 571 Å². The van der Waals surface area contributed by atoms with Gasteiger partial charge in [0, 0.05) is 68.9 Å². The van der Waals surface area contributed by atoms with Crippen molar-refractivity contribution in [1.82, 2.24) is 0 Å². The Morgan fingerprint density at radius 2 is 0.469 bits per heavy atom. The lowest BCUT2D eigenvalue weighted by Crippen LogP contribution is -2.25. The van der Waals surface area contributed by atoms with Crippen LogP contribution < -0.4 is 0 Å². The highest BCUT2D eigenvalue weighted by Crippen LogP contribution is 2.42. The van der Waals surface area contributed by atoms with E-state index in [0.29, 0.717) is 50.8 Å². The summed E-state index contributed by atoms with van der Waals surface area (Å²) >= 11 is 0. The zero-order chi connectivity index (χ0) is 76.6. The number of rotatable bonds is 45. The van der Waals surface area contributed by atoms with E-state index in [0.717, 1.165) is 24.3 Å². The van der Waals surface area contributed by atoms with Crippen molar-refractivity contribution in [3.05, 3.63) is 148 Å². The zero-order valence-corrected chi connectivity index (χ0v) is 58.0. The molecular weight excluding hydrogens is 1320 g/mol. The molecule has 0 spiro atoms. The second kappa shape index (κ2) is 64.9. The van der Waals surface area contributed by atoms with Crippen molar-refractivity contribution < 1.29 is 152 Å². The predicted molar refractivity (Wildman–Crippen MR) is 351 cm³/mol. The number of hydrogen-bond donors (Lipinski definition) is 2. The van der Waals surface area contributed by atoms with Gasteiger partial charge in [-0.2, -0.15) is 0 Å². The van der Waals surface area contributed by atoms with Gasteiger partial charge in [0.05, 0.1) is 66.1 Å². The molecule has 0 radical (unpaired) electrons. The molecular formula is C65H95O32P. The molecule has 33 heteroatoms. The molecule has 0 rings (SSSR count). The Bertz CT molecular complexity index is 2560. The Kier molecular flexibility index (Phi) is 66.1. The van der Waals surface area contributed by atoms with Gasteiger partial charge in [0.15, 0.2) is 0 Å². The molecule has 0 aromatic rings. The Morgan fingerprint density at radius 3 is 0.663 bits per heavy atom. The Hall–Kier alpha value is -9.37. The summed E-state index contributed by atoms with van der Waals surface area (Å²) in [6.07, 6.45) is 3.30. The van der Waals surface area contributed by atoms with Gasteiger partial charge in [0.1, 0.15) is 72.2 Å². The highest BCUT2D eigenvalue weighted by molar-refractivity contribution is 7.47. The molecule has 0 saturated heterocycles. The van der Waals surface area contributed by atoms with Crippen LogP contribution in [0, 0.1) is 0 Å². The molecule has 0 heterocycles. The molecule has 0 aliphatic heterocycles. The van der Waals surface area contributed by atoms with Crippen molar-refractivity contribution in [2.24, 2.45) is 0 Å². The van der Waals surface area contributed by atoms with Gasteiger partial charge in [0.25, 0.3) is 0 Å². The molecule has 0 fully saturated rings. The minimum atomic E-state index is -4.29. The molecule has 0 atom stereocenters. The molecule has 2 N–H and O–H groups in total. The topological polar surface area (TPSA) is 419 Å². The van der Waals surface area contributed by atoms with Crippen molar-refractivity contribution in [3.8, 4) is 0 Å². The SMILES string of the molecule is C=C(C)C(=O)OC(=O)C(=C)C.C=C(C)C(=O)OCC(O)COC(=O)C(=C)C.C=C(C)C(=O)OCCOC(=O)C(=C)C.C=C(C)C(=O)OCCOP(=O)(O)OCCOC(=O)C(=C)C.C=CC(=O)OCCOCCOC(=O)C=C.C=CC(=O)OCCOCCOCCOCCOC(=O)C=C. The summed E-state index contributed by atoms with van der Waals surface area (Å²) in [4.78, 5) is 139. The number of phosphoric acid groups is 1. The number of ether oxygens (including phenoxy) is 15. The molecule has 0 aromatic carbocycles. The van der Waals surface area contributed by atoms with E-state index >= 15 is 0 Å². The lowest BCUT2D eigenvalue weighted by atomic mass is 10.3. The van der Waals surface area contributed by atoms with Gasteiger partial charge in [0.2, 0.25) is 0 Å². The number of hydrogen-bond acceptors (Lipinski definition) is 31. The Balaban J connectivity index is -0.000000262. The summed E-state index contributed by atoms with van der Waals surface area (Å²) in [5.41, 5.74) is 1.92. The standard InChI is InChI=1S/C14H22O7.C12H19O8P.C11H16O5.C10H14O5.C10H14O4.C8H10O3/c1-3-13(15)20-11-9-18-7-5-17-6-8-19-10-12-21-14(16)4-2;1-9(2)11(13)17-5-7-19-21(15,16)20-8-6-18-12(14)10(3)4;1-7(2)10(13)15-5-9(12)6-16-11(14)8(3)4;1-3-9(11)14-7-5-13-6-8-15-10(12)4-2;1-7(2)9(11)13-5-6-14-10(12)8(3)4;1-5(2)7(9)11-8(10)6(3)4/h3-4H,1-2,5-12H2;1,3,5-8H2,2,4H3,(H,15,16);9,12H,1,3,5-6H2,2,4H3;3-4H,1-2,5-8H2;1,3,5-6H2,2,4H3;1,3H2,2,4H3. The van der Waals surface area contributed by atoms with E-state index in [1.807, 2.05) is 0 Å². The average Bonchev–Trinajstić information content (AvgIpc) is 1.34. The van der Waals surface area contributed by atoms with Crippen molar-refractivity contribution in [1.29, 1.82) is 0 Å². The van der Waals surface area contributed by atoms with Crippen molar-refractivity contribution in [3.63, 3.8) is 0 Å². The van der Waals surface area contributed by atoms with Crippen LogP contribution in [-0.4, -0.2) is 220 Å². The van der Waals surface area contributed by atoms with E-state index in [1.54, 1.807) is 13.8 Å². The maximum atomic E-state index is 11.4. The number of esters is 12. The lowest BCUT2D eigenvalue weighted by molar-refractivity contribution is -0.154. The molecule has 0 bridgehead atoms. The highest BCUT2D eigenvalue weighted by atomic mass is 31.2. The van der Waals surface area contributed by atoms with Crippen LogP contribution in [0.4, 0.5) is 0 Å². The number of carbonyl (C=O) groups is 12. The maximum absolute atomic E-state index is 11.4. The molecule has 0 amide bonds. The molecule has 98 heavy (non-hydrogen) atoms. The van der Waals surface area contributed by atoms with Gasteiger partial charge in [-0.25, -0.2) is 62.1 Å². The van der Waals surface area contributed by atoms with E-state index in [4.69, 9.17) is 28.4 Å². The van der Waals surface area contributed by atoms with Crippen molar-refractivity contribution >= 4 is 79.5 Å². The number of aliphatic hydroxyl groups is 1. The summed E-state index contributed by atoms with van der Waals surface area (Å²) in [6, 6.07) is 0. The van der Waals surface area contributed by atoms with Gasteiger partial charge in [-0.05, 0) is 55.4 Å². The quantitative estimate of drug-likeness (QED) is 0.0194. The van der Waals surface area contributed by atoms with Crippen LogP contribution in [0.2, 0.25) is 0 Å². The molecule has 0 aliphatic carbocycles. The first-order chi connectivity index (χ1) is 45.8. The van der Waals surface area contributed by atoms with Crippen molar-refractivity contribution in [2.75, 3.05) is 132 Å². The van der Waals surface area contributed by atoms with Gasteiger partial charge >= 0.3 is 79.5 Å². The Morgan fingerprint density at radius 1 is 0.296 bits per heavy atom. The number of aliphatic hydroxyl groups excluding tert-OH is 1. The van der Waals surface area contributed by atoms with Crippen LogP contribution >= 0.6 is 7.82 Å². The summed E-state index contributed by atoms with van der Waals surface area (Å²) in [5, 5.41) is 9.30. The number of phosphoric ester groups is 1. The van der Waals surface area contributed by atoms with Gasteiger partial charge in [-0.3, -0.25) is 9.05 Å². The van der Waals surface area contributed by atoms with Gasteiger partial charge in [-0.1, -0.05) is 78.9 Å². The van der Waals surface area contributed by atoms with E-state index < -0.39 is 85.6 Å². The molecule has 0 unspecified atom stereocenters. The lowest BCUT2D eigenvalue weighted by Gasteiger charge is -2.12. The average molecular weight is 1420 g/mol. The van der Waals surface area contributed by atoms with Crippen LogP contribution in [0.3, 0.4) is 0 Å². The molecule has 32 nitrogen and oxygen atoms in total. The summed E-state index contributed by atoms with van der Waals surface area (Å²) in [5.74, 6) is -6.75. The summed E-state index contributed by atoms with van der Waals surface area (Å²) in [6.45, 7) is 53.9. The molecule has 0 aliphatic rings. The van der Waals surface area contributed by atoms with E-state index in [-0.39, 0.29) is 126 Å². The first-order valence-electron chi connectivity index (χ1n) is 28.6. The van der Waals surface area contributed by atoms with Crippen LogP contribution in [0.25, 0.3) is 0 Å². The third kappa shape index (κ3) is 72.5. The van der Waals surface area contributed by atoms with E-state index in [9.17, 15) is 72.1 Å². The first kappa shape index (κ1) is 99.7. The fraction of sp³-hybridized carbons (Fsp3) is 0.446. The zero-order valence-electron chi connectivity index (χ0n) is 57.1. The minimum absolute atomic E-state index is 0.0325. The highest BCUT2D eigenvalue weighted by Gasteiger charge is 2.21. The van der Waals surface area contributed by atoms with Crippen LogP contribution in [0.5, 0.6) is 0 Å². The number of carbonyl (C=O) groups excluding carboxylic acids is 12. The fourth-order valence-electron chi connectivity index (χ4n) is 3.95. The molecule has 552 valence electrons. The maximum Gasteiger partial charge on any atom is 0.472 e. The largest absolute Gasteiger partial charge is 0.472 e. The summed E-state index contributed by atoms with van der Waals surface area (Å²) < 4.78 is 92.0. The monoisotopic (exact) mass is 1420 g/mol. The fourth-order valence-corrected chi connectivity index (χ4v) is 4.64. The normalized spacial score (nSPS) is 9.66. The van der Waals surface area contributed by atoms with Crippen LogP contribution in [0.15, 0.2) is 148 Å². The second-order valence-electron chi connectivity index (χ2n) is 18.4. The van der Waals surface area contributed by atoms with E-state index in [2.05, 4.69) is 131 Å². The summed E-state index contributed by atoms with van der Waals surface area (Å²) in [7, 11) is -4.29. The second-order valence-corrected chi connectivity index (χ2v) is 19.8. The van der Waals surface area contributed by atoms with Gasteiger partial charge < -0.3 is 81.1 Å². The molecule has 0 aromatic heterocycles. The molecule has 0 saturated carbocycles. The third-order valence-corrected chi connectivity index (χ3v) is 9.79. The van der Waals surface area contributed by atoms with E-state index in [1.165, 1.54) is 41.5 Å². The third-order valence-electron chi connectivity index (χ3n) is 8.78. The van der Waals surface area contributed by atoms with Gasteiger partial charge in [-0.15, -0.1) is 0 Å². The smallest absolute Gasteiger partial charge is 0.460 e. The van der Waals surface area contributed by atoms with Crippen LogP contribution in [-0.2, 0) is 142 Å². The van der Waals surface area contributed by atoms with Crippen LogP contribution in [0.1, 0.15) is 55.4 Å². The van der Waals surface area contributed by atoms with Crippen molar-refractivity contribution in [2.45, 2.75) is 61.5 Å². The first-order valence-corrected chi connectivity index (χ1v) is 30.1. The predicted octanol–water partition coefficient (Wildman–Crippen LogP) is 5.33.